The lowest BCUT2D eigenvalue weighted by Gasteiger charge is -2.06. The van der Waals surface area contributed by atoms with Gasteiger partial charge in [0.25, 0.3) is 5.91 Å². The molecule has 0 spiro atoms. The zero-order valence-electron chi connectivity index (χ0n) is 13.1. The molecule has 0 radical (unpaired) electrons. The summed E-state index contributed by atoms with van der Waals surface area (Å²) >= 11 is 0. The summed E-state index contributed by atoms with van der Waals surface area (Å²) in [6, 6.07) is 16.1. The number of rotatable bonds is 4. The minimum Gasteiger partial charge on any atom is -0.444 e. The number of hydrogen-bond donors (Lipinski definition) is 2. The molecule has 0 unspecified atom stereocenters. The molecule has 2 N–H and O–H groups in total. The molecule has 1 aliphatic rings. The van der Waals surface area contributed by atoms with Crippen LogP contribution >= 0.6 is 0 Å². The molecule has 126 valence electrons. The Morgan fingerprint density at radius 1 is 1.08 bits per heavy atom. The first kappa shape index (κ1) is 15.5. The van der Waals surface area contributed by atoms with E-state index in [0.717, 1.165) is 11.1 Å². The van der Waals surface area contributed by atoms with Crippen LogP contribution in [0.5, 0.6) is 0 Å². The maximum absolute atomic E-state index is 15.4. The number of carbonyl (C=O) groups excluding carboxylic acids is 1. The van der Waals surface area contributed by atoms with E-state index in [2.05, 4.69) is 4.98 Å². The number of oxazole rings is 1. The summed E-state index contributed by atoms with van der Waals surface area (Å²) in [5.41, 5.74) is 1.50. The number of halogens is 1. The molecule has 1 aliphatic carbocycles. The second kappa shape index (κ2) is 5.82. The molecule has 5 nitrogen and oxygen atoms in total. The fourth-order valence-electron chi connectivity index (χ4n) is 3.47. The van der Waals surface area contributed by atoms with E-state index in [9.17, 15) is 4.79 Å². The summed E-state index contributed by atoms with van der Waals surface area (Å²) < 4.78 is 20.6. The minimum absolute atomic E-state index is 0.613. The van der Waals surface area contributed by atoms with E-state index >= 15 is 4.39 Å². The molecule has 0 aliphatic heterocycles. The van der Waals surface area contributed by atoms with Crippen molar-refractivity contribution in [1.82, 2.24) is 10.5 Å². The molecule has 3 atom stereocenters. The Bertz CT molecular complexity index is 881. The average molecular weight is 338 g/mol. The molecule has 1 heterocycles. The van der Waals surface area contributed by atoms with Gasteiger partial charge in [-0.15, -0.1) is 0 Å². The van der Waals surface area contributed by atoms with Crippen LogP contribution in [0.4, 0.5) is 4.39 Å². The highest BCUT2D eigenvalue weighted by Crippen LogP contribution is 2.66. The van der Waals surface area contributed by atoms with Gasteiger partial charge in [-0.2, -0.15) is 0 Å². The minimum atomic E-state index is -2.18. The van der Waals surface area contributed by atoms with Crippen molar-refractivity contribution < 1.29 is 18.8 Å². The van der Waals surface area contributed by atoms with E-state index in [1.54, 1.807) is 54.7 Å². The van der Waals surface area contributed by atoms with E-state index in [4.69, 9.17) is 9.62 Å². The van der Waals surface area contributed by atoms with Crippen molar-refractivity contribution in [3.8, 4) is 11.3 Å². The van der Waals surface area contributed by atoms with E-state index in [1.165, 1.54) is 11.9 Å². The predicted molar refractivity (Wildman–Crippen MR) is 87.6 cm³/mol. The third-order valence-corrected chi connectivity index (χ3v) is 4.72. The summed E-state index contributed by atoms with van der Waals surface area (Å²) in [5, 5.41) is 8.95. The Kier molecular flexibility index (Phi) is 3.62. The van der Waals surface area contributed by atoms with Gasteiger partial charge < -0.3 is 4.42 Å². The lowest BCUT2D eigenvalue weighted by Crippen LogP contribution is -2.33. The Morgan fingerprint density at radius 3 is 2.28 bits per heavy atom. The summed E-state index contributed by atoms with van der Waals surface area (Å²) in [6.45, 7) is 0. The van der Waals surface area contributed by atoms with E-state index in [0.29, 0.717) is 11.3 Å². The lowest BCUT2D eigenvalue weighted by molar-refractivity contribution is -0.136. The Balaban J connectivity index is 1.69. The van der Waals surface area contributed by atoms with Gasteiger partial charge in [-0.05, 0) is 11.1 Å². The van der Waals surface area contributed by atoms with Gasteiger partial charge in [-0.1, -0.05) is 54.6 Å². The zero-order valence-corrected chi connectivity index (χ0v) is 13.1. The maximum Gasteiger partial charge on any atom is 0.282 e. The van der Waals surface area contributed by atoms with Crippen molar-refractivity contribution in [3.63, 3.8) is 0 Å². The topological polar surface area (TPSA) is 75.4 Å². The SMILES string of the molecule is O=C(NO)[C@]1(F)[C@H](c2ccccc2)[C@H]1c1ccc(-c2cnco2)cc1. The number of amides is 1. The monoisotopic (exact) mass is 338 g/mol. The van der Waals surface area contributed by atoms with Crippen molar-refractivity contribution in [2.24, 2.45) is 0 Å². The van der Waals surface area contributed by atoms with Crippen molar-refractivity contribution in [2.75, 3.05) is 0 Å². The van der Waals surface area contributed by atoms with Gasteiger partial charge >= 0.3 is 0 Å². The molecular formula is C19H15FN2O3. The van der Waals surface area contributed by atoms with Crippen LogP contribution in [0.25, 0.3) is 11.3 Å². The summed E-state index contributed by atoms with van der Waals surface area (Å²) in [6.07, 6.45) is 2.94. The molecule has 4 rings (SSSR count). The van der Waals surface area contributed by atoms with Crippen LogP contribution in [0, 0.1) is 0 Å². The summed E-state index contributed by atoms with van der Waals surface area (Å²) in [5.74, 6) is -1.71. The van der Waals surface area contributed by atoms with Gasteiger partial charge in [0.15, 0.2) is 12.2 Å². The molecule has 1 saturated carbocycles. The van der Waals surface area contributed by atoms with Crippen LogP contribution in [0.1, 0.15) is 23.0 Å². The molecule has 2 aromatic carbocycles. The second-order valence-corrected chi connectivity index (χ2v) is 6.06. The molecule has 1 amide bonds. The van der Waals surface area contributed by atoms with Gasteiger partial charge in [0.2, 0.25) is 5.67 Å². The highest BCUT2D eigenvalue weighted by atomic mass is 19.1. The number of aromatic nitrogens is 1. The third-order valence-electron chi connectivity index (χ3n) is 4.72. The Labute approximate surface area is 143 Å². The molecule has 3 aromatic rings. The highest BCUT2D eigenvalue weighted by molar-refractivity contribution is 5.92. The Hall–Kier alpha value is -2.99. The normalized spacial score (nSPS) is 24.7. The largest absolute Gasteiger partial charge is 0.444 e. The number of nitrogens with zero attached hydrogens (tertiary/aromatic N) is 1. The van der Waals surface area contributed by atoms with Crippen LogP contribution in [-0.4, -0.2) is 21.8 Å². The number of carbonyl (C=O) groups is 1. The summed E-state index contributed by atoms with van der Waals surface area (Å²) in [4.78, 5) is 15.8. The van der Waals surface area contributed by atoms with E-state index in [1.807, 2.05) is 6.07 Å². The van der Waals surface area contributed by atoms with Gasteiger partial charge in [0.1, 0.15) is 0 Å². The van der Waals surface area contributed by atoms with Gasteiger partial charge in [0.05, 0.1) is 6.20 Å². The number of benzene rings is 2. The maximum atomic E-state index is 15.4. The molecule has 6 heteroatoms. The fourth-order valence-corrected chi connectivity index (χ4v) is 3.47. The van der Waals surface area contributed by atoms with Crippen LogP contribution in [0.15, 0.2) is 71.6 Å². The average Bonchev–Trinajstić information content (AvgIpc) is 3.02. The van der Waals surface area contributed by atoms with Crippen molar-refractivity contribution in [3.05, 3.63) is 78.3 Å². The van der Waals surface area contributed by atoms with Crippen LogP contribution < -0.4 is 5.48 Å². The van der Waals surface area contributed by atoms with Gasteiger partial charge in [0, 0.05) is 17.4 Å². The highest BCUT2D eigenvalue weighted by Gasteiger charge is 2.72. The standard InChI is InChI=1S/C19H15FN2O3/c20-19(18(23)22-24)16(13-4-2-1-3-5-13)17(19)14-8-6-12(7-9-14)15-10-21-11-25-15/h1-11,16-17,24H,(H,22,23)/t16-,17-,19+/m1/s1. The number of nitrogens with one attached hydrogen (secondary N) is 1. The molecule has 0 saturated heterocycles. The van der Waals surface area contributed by atoms with Gasteiger partial charge in [-0.25, -0.2) is 14.9 Å². The van der Waals surface area contributed by atoms with Crippen LogP contribution in [0.2, 0.25) is 0 Å². The predicted octanol–water partition coefficient (Wildman–Crippen LogP) is 3.44. The molecular weight excluding hydrogens is 323 g/mol. The zero-order chi connectivity index (χ0) is 17.4. The fraction of sp³-hybridized carbons (Fsp3) is 0.158. The molecule has 0 bridgehead atoms. The molecule has 1 aromatic heterocycles. The molecule has 25 heavy (non-hydrogen) atoms. The van der Waals surface area contributed by atoms with Crippen molar-refractivity contribution >= 4 is 5.91 Å². The first-order valence-corrected chi connectivity index (χ1v) is 7.83. The number of alkyl halides is 1. The smallest absolute Gasteiger partial charge is 0.282 e. The lowest BCUT2D eigenvalue weighted by atomic mass is 10.0. The van der Waals surface area contributed by atoms with Crippen molar-refractivity contribution in [2.45, 2.75) is 17.5 Å². The quantitative estimate of drug-likeness (QED) is 0.564. The third kappa shape index (κ3) is 2.42. The van der Waals surface area contributed by atoms with Gasteiger partial charge in [-0.3, -0.25) is 10.0 Å². The summed E-state index contributed by atoms with van der Waals surface area (Å²) in [7, 11) is 0. The number of hydrogen-bond acceptors (Lipinski definition) is 4. The van der Waals surface area contributed by atoms with E-state index in [-0.39, 0.29) is 0 Å². The Morgan fingerprint density at radius 2 is 1.72 bits per heavy atom. The first-order chi connectivity index (χ1) is 12.2. The first-order valence-electron chi connectivity index (χ1n) is 7.83. The number of hydroxylamine groups is 1. The van der Waals surface area contributed by atoms with Crippen LogP contribution in [-0.2, 0) is 4.79 Å². The molecule has 1 fully saturated rings. The van der Waals surface area contributed by atoms with Crippen molar-refractivity contribution in [1.29, 1.82) is 0 Å². The van der Waals surface area contributed by atoms with Crippen LogP contribution in [0.3, 0.4) is 0 Å². The van der Waals surface area contributed by atoms with E-state index < -0.39 is 23.4 Å². The second-order valence-electron chi connectivity index (χ2n) is 6.06.